The van der Waals surface area contributed by atoms with Crippen LogP contribution in [-0.2, 0) is 0 Å². The fourth-order valence-corrected chi connectivity index (χ4v) is 3.88. The van der Waals surface area contributed by atoms with Gasteiger partial charge in [-0.25, -0.2) is 9.97 Å². The summed E-state index contributed by atoms with van der Waals surface area (Å²) in [5, 5.41) is 0.470. The Hall–Kier alpha value is -2.47. The van der Waals surface area contributed by atoms with Crippen molar-refractivity contribution in [1.29, 1.82) is 0 Å². The fourth-order valence-electron chi connectivity index (χ4n) is 3.02. The second-order valence-electron chi connectivity index (χ2n) is 6.74. The lowest BCUT2D eigenvalue weighted by Crippen LogP contribution is -1.97. The van der Waals surface area contributed by atoms with E-state index in [0.717, 1.165) is 40.5 Å². The van der Waals surface area contributed by atoms with E-state index in [9.17, 15) is 4.39 Å². The summed E-state index contributed by atoms with van der Waals surface area (Å²) >= 11 is 1.41. The summed E-state index contributed by atoms with van der Waals surface area (Å²) in [7, 11) is 0. The number of unbranched alkanes of at least 4 members (excludes halogenated alkanes) is 5. The molecule has 4 nitrogen and oxygen atoms in total. The summed E-state index contributed by atoms with van der Waals surface area (Å²) in [5.74, 6) is 0.347. The molecule has 0 aliphatic heterocycles. The van der Waals surface area contributed by atoms with Gasteiger partial charge in [0.1, 0.15) is 5.75 Å². The van der Waals surface area contributed by atoms with Gasteiger partial charge in [-0.1, -0.05) is 50.4 Å². The first-order valence-corrected chi connectivity index (χ1v) is 10.6. The fraction of sp³-hybridized carbons (Fsp3) is 0.364. The SMILES string of the molecule is CCCCCCCCOc1ccc(-c2sc(N)nc2-c2ccc(F)nc2)cc1. The lowest BCUT2D eigenvalue weighted by atomic mass is 10.1. The van der Waals surface area contributed by atoms with Crippen LogP contribution >= 0.6 is 11.3 Å². The molecule has 0 unspecified atom stereocenters. The quantitative estimate of drug-likeness (QED) is 0.319. The topological polar surface area (TPSA) is 61.0 Å². The maximum absolute atomic E-state index is 13.1. The Morgan fingerprint density at radius 2 is 1.68 bits per heavy atom. The molecule has 28 heavy (non-hydrogen) atoms. The highest BCUT2D eigenvalue weighted by Crippen LogP contribution is 2.38. The summed E-state index contributed by atoms with van der Waals surface area (Å²) < 4.78 is 19.0. The third-order valence-electron chi connectivity index (χ3n) is 4.53. The van der Waals surface area contributed by atoms with E-state index in [1.165, 1.54) is 55.7 Å². The van der Waals surface area contributed by atoms with Gasteiger partial charge >= 0.3 is 0 Å². The number of aromatic nitrogens is 2. The Morgan fingerprint density at radius 1 is 0.964 bits per heavy atom. The minimum absolute atomic E-state index is 0.470. The molecule has 0 amide bonds. The molecule has 0 spiro atoms. The number of pyridine rings is 1. The predicted molar refractivity (Wildman–Crippen MR) is 114 cm³/mol. The Bertz CT molecular complexity index is 862. The number of hydrogen-bond donors (Lipinski definition) is 1. The summed E-state index contributed by atoms with van der Waals surface area (Å²) in [6.07, 6.45) is 8.96. The van der Waals surface area contributed by atoms with E-state index < -0.39 is 5.95 Å². The minimum Gasteiger partial charge on any atom is -0.494 e. The van der Waals surface area contributed by atoms with Crippen LogP contribution in [0.1, 0.15) is 45.4 Å². The molecular weight excluding hydrogens is 373 g/mol. The highest BCUT2D eigenvalue weighted by molar-refractivity contribution is 7.19. The highest BCUT2D eigenvalue weighted by atomic mass is 32.1. The van der Waals surface area contributed by atoms with Gasteiger partial charge in [-0.05, 0) is 48.4 Å². The van der Waals surface area contributed by atoms with Crippen molar-refractivity contribution in [3.8, 4) is 27.4 Å². The van der Waals surface area contributed by atoms with Crippen molar-refractivity contribution in [1.82, 2.24) is 9.97 Å². The molecule has 0 radical (unpaired) electrons. The number of ether oxygens (including phenoxy) is 1. The molecule has 2 N–H and O–H groups in total. The summed E-state index contributed by atoms with van der Waals surface area (Å²) in [6.45, 7) is 2.97. The number of thiazole rings is 1. The lowest BCUT2D eigenvalue weighted by molar-refractivity contribution is 0.304. The van der Waals surface area contributed by atoms with Crippen LogP contribution in [0.4, 0.5) is 9.52 Å². The summed E-state index contributed by atoms with van der Waals surface area (Å²) in [4.78, 5) is 9.06. The van der Waals surface area contributed by atoms with Crippen molar-refractivity contribution in [3.05, 3.63) is 48.5 Å². The second-order valence-corrected chi connectivity index (χ2v) is 7.77. The van der Waals surface area contributed by atoms with Crippen molar-refractivity contribution < 1.29 is 9.13 Å². The highest BCUT2D eigenvalue weighted by Gasteiger charge is 2.14. The third-order valence-corrected chi connectivity index (χ3v) is 5.46. The zero-order chi connectivity index (χ0) is 19.8. The number of benzene rings is 1. The van der Waals surface area contributed by atoms with Crippen LogP contribution in [-0.4, -0.2) is 16.6 Å². The Labute approximate surface area is 169 Å². The van der Waals surface area contributed by atoms with Crippen molar-refractivity contribution in [2.75, 3.05) is 12.3 Å². The third kappa shape index (κ3) is 5.52. The lowest BCUT2D eigenvalue weighted by Gasteiger charge is -2.07. The Morgan fingerprint density at radius 3 is 2.39 bits per heavy atom. The monoisotopic (exact) mass is 399 g/mol. The zero-order valence-electron chi connectivity index (χ0n) is 16.2. The van der Waals surface area contributed by atoms with Crippen LogP contribution in [0.2, 0.25) is 0 Å². The average Bonchev–Trinajstić information content (AvgIpc) is 3.10. The standard InChI is InChI=1S/C22H26FN3OS/c1-2-3-4-5-6-7-14-27-18-11-8-16(9-12-18)21-20(26-22(24)28-21)17-10-13-19(23)25-15-17/h8-13,15H,2-7,14H2,1H3,(H2,24,26). The molecule has 0 saturated heterocycles. The number of nitrogens with two attached hydrogens (primary N) is 1. The van der Waals surface area contributed by atoms with Crippen LogP contribution in [0, 0.1) is 5.95 Å². The molecular formula is C22H26FN3OS. The van der Waals surface area contributed by atoms with E-state index in [1.54, 1.807) is 6.07 Å². The first kappa shape index (κ1) is 20.3. The van der Waals surface area contributed by atoms with E-state index in [1.807, 2.05) is 24.3 Å². The smallest absolute Gasteiger partial charge is 0.212 e. The van der Waals surface area contributed by atoms with Crippen LogP contribution in [0.3, 0.4) is 0 Å². The van der Waals surface area contributed by atoms with E-state index in [2.05, 4.69) is 16.9 Å². The molecule has 0 aliphatic rings. The van der Waals surface area contributed by atoms with Gasteiger partial charge < -0.3 is 10.5 Å². The molecule has 1 aromatic carbocycles. The van der Waals surface area contributed by atoms with Crippen LogP contribution in [0.25, 0.3) is 21.7 Å². The van der Waals surface area contributed by atoms with Gasteiger partial charge in [0.05, 0.1) is 17.2 Å². The Balaban J connectivity index is 1.62. The first-order chi connectivity index (χ1) is 13.7. The largest absolute Gasteiger partial charge is 0.494 e. The molecule has 148 valence electrons. The maximum Gasteiger partial charge on any atom is 0.212 e. The van der Waals surface area contributed by atoms with Gasteiger partial charge in [-0.15, -0.1) is 0 Å². The van der Waals surface area contributed by atoms with Crippen LogP contribution in [0.5, 0.6) is 5.75 Å². The number of nitrogens with zero attached hydrogens (tertiary/aromatic N) is 2. The van der Waals surface area contributed by atoms with E-state index in [-0.39, 0.29) is 0 Å². The molecule has 0 aliphatic carbocycles. The van der Waals surface area contributed by atoms with Gasteiger partial charge in [0.25, 0.3) is 0 Å². The molecule has 6 heteroatoms. The molecule has 0 saturated carbocycles. The molecule has 0 bridgehead atoms. The Kier molecular flexibility index (Phi) is 7.37. The normalized spacial score (nSPS) is 10.9. The van der Waals surface area contributed by atoms with E-state index in [0.29, 0.717) is 5.13 Å². The summed E-state index contributed by atoms with van der Waals surface area (Å²) in [5.41, 5.74) is 8.39. The van der Waals surface area contributed by atoms with Crippen LogP contribution in [0.15, 0.2) is 42.6 Å². The van der Waals surface area contributed by atoms with Crippen molar-refractivity contribution in [3.63, 3.8) is 0 Å². The van der Waals surface area contributed by atoms with Gasteiger partial charge in [-0.3, -0.25) is 0 Å². The number of rotatable bonds is 10. The van der Waals surface area contributed by atoms with Crippen molar-refractivity contribution in [2.45, 2.75) is 45.4 Å². The zero-order valence-corrected chi connectivity index (χ0v) is 17.0. The molecule has 3 rings (SSSR count). The first-order valence-electron chi connectivity index (χ1n) is 9.79. The van der Waals surface area contributed by atoms with E-state index >= 15 is 0 Å². The molecule has 0 atom stereocenters. The second kappa shape index (κ2) is 10.2. The van der Waals surface area contributed by atoms with Gasteiger partial charge in [0.15, 0.2) is 5.13 Å². The number of hydrogen-bond acceptors (Lipinski definition) is 5. The molecule has 0 fully saturated rings. The maximum atomic E-state index is 13.1. The van der Waals surface area contributed by atoms with Gasteiger partial charge in [0.2, 0.25) is 5.95 Å². The minimum atomic E-state index is -0.514. The summed E-state index contributed by atoms with van der Waals surface area (Å²) in [6, 6.07) is 10.9. The molecule has 3 aromatic rings. The van der Waals surface area contributed by atoms with E-state index in [4.69, 9.17) is 10.5 Å². The number of halogens is 1. The predicted octanol–water partition coefficient (Wildman–Crippen LogP) is 6.33. The number of nitrogen functional groups attached to an aromatic ring is 1. The van der Waals surface area contributed by atoms with Crippen molar-refractivity contribution >= 4 is 16.5 Å². The average molecular weight is 400 g/mol. The van der Waals surface area contributed by atoms with Gasteiger partial charge in [-0.2, -0.15) is 4.39 Å². The number of anilines is 1. The van der Waals surface area contributed by atoms with Crippen molar-refractivity contribution in [2.24, 2.45) is 0 Å². The molecule has 2 heterocycles. The molecule has 2 aromatic heterocycles. The van der Waals surface area contributed by atoms with Crippen LogP contribution < -0.4 is 10.5 Å². The van der Waals surface area contributed by atoms with Gasteiger partial charge in [0, 0.05) is 11.8 Å².